The Balaban J connectivity index is 1.77. The van der Waals surface area contributed by atoms with Crippen LogP contribution in [0.3, 0.4) is 0 Å². The average molecular weight is 323 g/mol. The summed E-state index contributed by atoms with van der Waals surface area (Å²) in [4.78, 5) is 12.0. The van der Waals surface area contributed by atoms with Crippen molar-refractivity contribution >= 4 is 33.5 Å². The van der Waals surface area contributed by atoms with E-state index in [1.54, 1.807) is 18.2 Å². The molecule has 98 valence electrons. The van der Waals surface area contributed by atoms with Crippen LogP contribution in [-0.4, -0.2) is 16.1 Å². The number of nitrogens with one attached hydrogen (secondary N) is 1. The summed E-state index contributed by atoms with van der Waals surface area (Å²) in [6.45, 7) is 0. The van der Waals surface area contributed by atoms with Crippen molar-refractivity contribution in [3.63, 3.8) is 0 Å². The molecule has 1 heterocycles. The lowest BCUT2D eigenvalue weighted by Crippen LogP contribution is -2.14. The first-order valence-corrected chi connectivity index (χ1v) is 6.62. The van der Waals surface area contributed by atoms with E-state index >= 15 is 0 Å². The highest BCUT2D eigenvalue weighted by Gasteiger charge is 2.29. The smallest absolute Gasteiger partial charge is 0.322 e. The van der Waals surface area contributed by atoms with E-state index in [2.05, 4.69) is 31.4 Å². The van der Waals surface area contributed by atoms with Crippen LogP contribution >= 0.6 is 15.9 Å². The molecule has 0 saturated heterocycles. The Morgan fingerprint density at radius 2 is 2.21 bits per heavy atom. The second-order valence-corrected chi connectivity index (χ2v) is 5.32. The molecule has 3 N–H and O–H groups in total. The van der Waals surface area contributed by atoms with E-state index in [4.69, 9.17) is 10.2 Å². The summed E-state index contributed by atoms with van der Waals surface area (Å²) in [5.41, 5.74) is 6.51. The third-order valence-electron chi connectivity index (χ3n) is 2.85. The maximum absolute atomic E-state index is 12.0. The molecule has 7 heteroatoms. The average Bonchev–Trinajstić information content (AvgIpc) is 3.13. The van der Waals surface area contributed by atoms with Gasteiger partial charge in [0.05, 0.1) is 5.56 Å². The standard InChI is InChI=1S/C12H11BrN4O2/c13-7-3-4-9(14)8(5-7)10(18)15-12-17-16-11(19-12)6-1-2-6/h3-6H,1-2,14H2,(H,15,17,18). The zero-order valence-electron chi connectivity index (χ0n) is 9.89. The zero-order valence-corrected chi connectivity index (χ0v) is 11.5. The van der Waals surface area contributed by atoms with Gasteiger partial charge in [-0.2, -0.15) is 0 Å². The van der Waals surface area contributed by atoms with Crippen LogP contribution in [0, 0.1) is 0 Å². The highest BCUT2D eigenvalue weighted by molar-refractivity contribution is 9.10. The minimum atomic E-state index is -0.371. The number of nitrogen functional groups attached to an aromatic ring is 1. The Kier molecular flexibility index (Phi) is 2.98. The highest BCUT2D eigenvalue weighted by Crippen LogP contribution is 2.39. The number of benzene rings is 1. The molecule has 1 saturated carbocycles. The van der Waals surface area contributed by atoms with Crippen molar-refractivity contribution in [1.29, 1.82) is 0 Å². The molecule has 1 aliphatic carbocycles. The largest absolute Gasteiger partial charge is 0.408 e. The maximum atomic E-state index is 12.0. The Morgan fingerprint density at radius 1 is 1.42 bits per heavy atom. The number of amides is 1. The Hall–Kier alpha value is -1.89. The van der Waals surface area contributed by atoms with Crippen LogP contribution < -0.4 is 11.1 Å². The maximum Gasteiger partial charge on any atom is 0.322 e. The fourth-order valence-corrected chi connectivity index (χ4v) is 2.03. The lowest BCUT2D eigenvalue weighted by Gasteiger charge is -2.04. The van der Waals surface area contributed by atoms with Gasteiger partial charge in [0.2, 0.25) is 5.89 Å². The van der Waals surface area contributed by atoms with Gasteiger partial charge in [-0.3, -0.25) is 10.1 Å². The molecule has 3 rings (SSSR count). The van der Waals surface area contributed by atoms with Crippen molar-refractivity contribution < 1.29 is 9.21 Å². The zero-order chi connectivity index (χ0) is 13.4. The number of nitrogens with zero attached hydrogens (tertiary/aromatic N) is 2. The van der Waals surface area contributed by atoms with E-state index < -0.39 is 0 Å². The molecule has 0 bridgehead atoms. The van der Waals surface area contributed by atoms with E-state index in [0.29, 0.717) is 23.1 Å². The predicted molar refractivity (Wildman–Crippen MR) is 72.8 cm³/mol. The fraction of sp³-hybridized carbons (Fsp3) is 0.250. The van der Waals surface area contributed by atoms with E-state index in [1.807, 2.05) is 0 Å². The fourth-order valence-electron chi connectivity index (χ4n) is 1.67. The Labute approximate surface area is 117 Å². The van der Waals surface area contributed by atoms with Gasteiger partial charge in [-0.15, -0.1) is 5.10 Å². The topological polar surface area (TPSA) is 94.0 Å². The van der Waals surface area contributed by atoms with Crippen LogP contribution in [0.15, 0.2) is 27.1 Å². The number of rotatable bonds is 3. The molecule has 1 aromatic heterocycles. The van der Waals surface area contributed by atoms with Gasteiger partial charge in [0.15, 0.2) is 0 Å². The summed E-state index contributed by atoms with van der Waals surface area (Å²) in [7, 11) is 0. The van der Waals surface area contributed by atoms with Gasteiger partial charge >= 0.3 is 6.01 Å². The number of anilines is 2. The number of halogens is 1. The van der Waals surface area contributed by atoms with Gasteiger partial charge in [-0.25, -0.2) is 0 Å². The van der Waals surface area contributed by atoms with Gasteiger partial charge < -0.3 is 10.2 Å². The van der Waals surface area contributed by atoms with Crippen LogP contribution in [0.25, 0.3) is 0 Å². The number of carbonyl (C=O) groups is 1. The summed E-state index contributed by atoms with van der Waals surface area (Å²) in [5.74, 6) is 0.566. The van der Waals surface area contributed by atoms with Crippen LogP contribution in [0.5, 0.6) is 0 Å². The van der Waals surface area contributed by atoms with Crippen molar-refractivity contribution in [2.24, 2.45) is 0 Å². The van der Waals surface area contributed by atoms with Gasteiger partial charge in [-0.1, -0.05) is 21.0 Å². The first-order chi connectivity index (χ1) is 9.13. The van der Waals surface area contributed by atoms with Crippen molar-refractivity contribution in [3.8, 4) is 0 Å². The highest BCUT2D eigenvalue weighted by atomic mass is 79.9. The van der Waals surface area contributed by atoms with Crippen LogP contribution in [0.4, 0.5) is 11.7 Å². The lowest BCUT2D eigenvalue weighted by molar-refractivity contribution is 0.102. The molecule has 1 aliphatic rings. The molecule has 0 radical (unpaired) electrons. The minimum Gasteiger partial charge on any atom is -0.408 e. The molecule has 6 nitrogen and oxygen atoms in total. The normalized spacial score (nSPS) is 14.4. The van der Waals surface area contributed by atoms with E-state index in [9.17, 15) is 4.79 Å². The number of aromatic nitrogens is 2. The quantitative estimate of drug-likeness (QED) is 0.847. The number of nitrogens with two attached hydrogens (primary N) is 1. The number of hydrogen-bond acceptors (Lipinski definition) is 5. The van der Waals surface area contributed by atoms with Crippen molar-refractivity contribution in [3.05, 3.63) is 34.1 Å². The second kappa shape index (κ2) is 4.65. The summed E-state index contributed by atoms with van der Waals surface area (Å²) >= 11 is 3.29. The first-order valence-electron chi connectivity index (χ1n) is 5.83. The van der Waals surface area contributed by atoms with E-state index in [1.165, 1.54) is 0 Å². The summed E-state index contributed by atoms with van der Waals surface area (Å²) in [6, 6.07) is 5.17. The molecular formula is C12H11BrN4O2. The van der Waals surface area contributed by atoms with Gasteiger partial charge in [0.25, 0.3) is 5.91 Å². The molecule has 1 amide bonds. The minimum absolute atomic E-state index is 0.103. The lowest BCUT2D eigenvalue weighted by atomic mass is 10.2. The molecule has 1 aromatic carbocycles. The molecule has 0 unspecified atom stereocenters. The second-order valence-electron chi connectivity index (χ2n) is 4.41. The third-order valence-corrected chi connectivity index (χ3v) is 3.34. The molecular weight excluding hydrogens is 312 g/mol. The van der Waals surface area contributed by atoms with E-state index in [0.717, 1.165) is 17.3 Å². The third kappa shape index (κ3) is 2.60. The molecule has 0 aliphatic heterocycles. The SMILES string of the molecule is Nc1ccc(Br)cc1C(=O)Nc1nnc(C2CC2)o1. The first kappa shape index (κ1) is 12.2. The van der Waals surface area contributed by atoms with Crippen LogP contribution in [0.1, 0.15) is 35.0 Å². The van der Waals surface area contributed by atoms with Gasteiger partial charge in [0.1, 0.15) is 0 Å². The van der Waals surface area contributed by atoms with Crippen molar-refractivity contribution in [1.82, 2.24) is 10.2 Å². The molecule has 1 fully saturated rings. The summed E-state index contributed by atoms with van der Waals surface area (Å²) < 4.78 is 6.14. The Morgan fingerprint density at radius 3 is 2.95 bits per heavy atom. The Bertz CT molecular complexity index is 636. The van der Waals surface area contributed by atoms with Crippen molar-refractivity contribution in [2.45, 2.75) is 18.8 Å². The molecule has 0 atom stereocenters. The predicted octanol–water partition coefficient (Wildman–Crippen LogP) is 2.54. The summed E-state index contributed by atoms with van der Waals surface area (Å²) in [5, 5.41) is 10.2. The van der Waals surface area contributed by atoms with Crippen molar-refractivity contribution in [2.75, 3.05) is 11.1 Å². The number of carbonyl (C=O) groups excluding carboxylic acids is 1. The van der Waals surface area contributed by atoms with Crippen LogP contribution in [0.2, 0.25) is 0 Å². The van der Waals surface area contributed by atoms with Gasteiger partial charge in [0, 0.05) is 16.1 Å². The van der Waals surface area contributed by atoms with Crippen LogP contribution in [-0.2, 0) is 0 Å². The molecule has 19 heavy (non-hydrogen) atoms. The molecule has 2 aromatic rings. The summed E-state index contributed by atoms with van der Waals surface area (Å²) in [6.07, 6.45) is 2.13. The number of hydrogen-bond donors (Lipinski definition) is 2. The van der Waals surface area contributed by atoms with E-state index in [-0.39, 0.29) is 11.9 Å². The monoisotopic (exact) mass is 322 g/mol. The molecule has 0 spiro atoms. The van der Waals surface area contributed by atoms with Gasteiger partial charge in [-0.05, 0) is 31.0 Å².